The van der Waals surface area contributed by atoms with Gasteiger partial charge >= 0.3 is 5.69 Å². The van der Waals surface area contributed by atoms with Crippen LogP contribution >= 0.6 is 0 Å². The number of halogens is 2. The fourth-order valence-corrected chi connectivity index (χ4v) is 11.5. The molecule has 3 atom stereocenters. The van der Waals surface area contributed by atoms with Gasteiger partial charge in [-0.3, -0.25) is 28.9 Å². The van der Waals surface area contributed by atoms with Gasteiger partial charge in [0.2, 0.25) is 17.8 Å². The highest BCUT2D eigenvalue weighted by Crippen LogP contribution is 2.53. The van der Waals surface area contributed by atoms with Crippen LogP contribution in [0, 0.1) is 11.3 Å². The largest absolute Gasteiger partial charge is 0.357 e. The van der Waals surface area contributed by atoms with E-state index in [0.717, 1.165) is 103 Å². The average molecular weight is 806 g/mol. The van der Waals surface area contributed by atoms with Crippen molar-refractivity contribution in [2.75, 3.05) is 44.2 Å². The second-order valence-electron chi connectivity index (χ2n) is 18.2. The molecule has 0 radical (unpaired) electrons. The van der Waals surface area contributed by atoms with Crippen molar-refractivity contribution in [1.82, 2.24) is 39.2 Å². The van der Waals surface area contributed by atoms with Gasteiger partial charge in [-0.05, 0) is 118 Å². The minimum absolute atomic E-state index is 0.0493. The Hall–Kier alpha value is -4.95. The minimum atomic E-state index is -2.44. The number of hydrogen-bond donors (Lipinski definition) is 2. The Bertz CT molecular complexity index is 2450. The lowest BCUT2D eigenvalue weighted by Crippen LogP contribution is -2.50. The monoisotopic (exact) mass is 805 g/mol. The maximum Gasteiger partial charge on any atom is 0.329 e. The third-order valence-corrected chi connectivity index (χ3v) is 14.6. The molecule has 12 nitrogen and oxygen atoms in total. The van der Waals surface area contributed by atoms with Crippen LogP contribution in [-0.2, 0) is 23.1 Å². The number of benzene rings is 2. The van der Waals surface area contributed by atoms with Crippen LogP contribution in [-0.4, -0.2) is 97.4 Å². The highest BCUT2D eigenvalue weighted by molar-refractivity contribution is 6.00. The Labute approximate surface area is 342 Å². The summed E-state index contributed by atoms with van der Waals surface area (Å²) in [6.45, 7) is 6.85. The van der Waals surface area contributed by atoms with E-state index in [1.54, 1.807) is 16.2 Å². The summed E-state index contributed by atoms with van der Waals surface area (Å²) in [5, 5.41) is 3.54. The molecule has 2 N–H and O–H groups in total. The molecule has 310 valence electrons. The molecular weight excluding hydrogens is 753 g/mol. The van der Waals surface area contributed by atoms with E-state index in [2.05, 4.69) is 38.3 Å². The van der Waals surface area contributed by atoms with E-state index in [-0.39, 0.29) is 36.6 Å². The Kier molecular flexibility index (Phi) is 9.70. The lowest BCUT2D eigenvalue weighted by Gasteiger charge is -2.53. The number of aromatic nitrogens is 5. The first-order chi connectivity index (χ1) is 28.5. The van der Waals surface area contributed by atoms with Crippen molar-refractivity contribution in [3.63, 3.8) is 0 Å². The van der Waals surface area contributed by atoms with E-state index in [4.69, 9.17) is 9.97 Å². The first-order valence-electron chi connectivity index (χ1n) is 21.5. The standard InChI is InChI=1S/C45H53F2N9O3/c1-27-19-33-32-5-3-4-6-34(32)50-40(33)41(55(27)26-38(46)47)31-23-48-43(49-24-31)54-17-13-45(14-18-54)21-28(22-45)25-53-15-11-29(12-16-53)30-7-8-35-37(20-30)52(2)44(59)56(35)36-9-10-39(57)51-42(36)58/h3-8,20,23-24,27-29,36,38,41,50H,9-19,21-22,25-26H2,1-2H3,(H,51,57,58)/t27-,36?,41-/m1/s1. The fraction of sp³-hybridized carbons (Fsp3) is 0.533. The van der Waals surface area contributed by atoms with E-state index < -0.39 is 18.4 Å². The average Bonchev–Trinajstić information content (AvgIpc) is 3.71. The van der Waals surface area contributed by atoms with Crippen molar-refractivity contribution in [3.05, 3.63) is 87.7 Å². The number of rotatable bonds is 8. The SMILES string of the molecule is C[C@@H]1Cc2c([nH]c3ccccc23)[C@@H](c2cnc(N3CCC4(CC3)CC(CN3CCC(c5ccc6c(c5)n(C)c(=O)n6C5CCC(=O)NC5=O)CC3)C4)nc2)N1CC(F)F. The van der Waals surface area contributed by atoms with E-state index >= 15 is 0 Å². The van der Waals surface area contributed by atoms with Crippen LogP contribution in [0.4, 0.5) is 14.7 Å². The van der Waals surface area contributed by atoms with Crippen LogP contribution < -0.4 is 15.9 Å². The number of carbonyl (C=O) groups excluding carboxylic acids is 2. The van der Waals surface area contributed by atoms with E-state index in [0.29, 0.717) is 24.2 Å². The third kappa shape index (κ3) is 6.85. The molecule has 3 aromatic heterocycles. The van der Waals surface area contributed by atoms with Gasteiger partial charge in [0.15, 0.2) is 0 Å². The number of amides is 2. The number of H-pyrrole nitrogens is 1. The number of likely N-dealkylation sites (tertiary alicyclic amines) is 1. The second kappa shape index (κ2) is 14.9. The molecule has 2 amide bonds. The smallest absolute Gasteiger partial charge is 0.329 e. The lowest BCUT2D eigenvalue weighted by atomic mass is 9.57. The quantitative estimate of drug-likeness (QED) is 0.182. The maximum absolute atomic E-state index is 13.9. The van der Waals surface area contributed by atoms with Crippen molar-refractivity contribution < 1.29 is 18.4 Å². The number of nitrogens with one attached hydrogen (secondary N) is 2. The summed E-state index contributed by atoms with van der Waals surface area (Å²) >= 11 is 0. The number of imidazole rings is 1. The molecular formula is C45H53F2N9O3. The molecule has 5 aliphatic rings. The Morgan fingerprint density at radius 2 is 1.66 bits per heavy atom. The molecule has 1 aliphatic carbocycles. The first kappa shape index (κ1) is 38.3. The topological polar surface area (TPSA) is 124 Å². The number of nitrogens with zero attached hydrogens (tertiary/aromatic N) is 7. The minimum Gasteiger partial charge on any atom is -0.357 e. The molecule has 5 aromatic rings. The summed E-state index contributed by atoms with van der Waals surface area (Å²) < 4.78 is 30.9. The van der Waals surface area contributed by atoms with Crippen LogP contribution in [0.25, 0.3) is 21.9 Å². The molecule has 1 unspecified atom stereocenters. The van der Waals surface area contributed by atoms with Crippen LogP contribution in [0.2, 0.25) is 0 Å². The summed E-state index contributed by atoms with van der Waals surface area (Å²) in [7, 11) is 1.76. The number of imide groups is 1. The Morgan fingerprint density at radius 1 is 0.915 bits per heavy atom. The van der Waals surface area contributed by atoms with Crippen molar-refractivity contribution in [2.24, 2.45) is 18.4 Å². The van der Waals surface area contributed by atoms with E-state index in [1.165, 1.54) is 24.0 Å². The summed E-state index contributed by atoms with van der Waals surface area (Å²) in [6.07, 6.45) is 9.49. The summed E-state index contributed by atoms with van der Waals surface area (Å²) in [5.74, 6) is 1.16. The van der Waals surface area contributed by atoms with Crippen molar-refractivity contribution in [1.29, 1.82) is 0 Å². The van der Waals surface area contributed by atoms with Crippen LogP contribution in [0.5, 0.6) is 0 Å². The highest BCUT2D eigenvalue weighted by atomic mass is 19.3. The third-order valence-electron chi connectivity index (χ3n) is 14.6. The molecule has 1 saturated carbocycles. The van der Waals surface area contributed by atoms with Crippen LogP contribution in [0.3, 0.4) is 0 Å². The number of aryl methyl sites for hydroxylation is 1. The maximum atomic E-state index is 13.9. The zero-order valence-corrected chi connectivity index (χ0v) is 33.9. The number of piperidine rings is 3. The number of para-hydroxylation sites is 1. The van der Waals surface area contributed by atoms with E-state index in [1.807, 2.05) is 48.5 Å². The van der Waals surface area contributed by atoms with Crippen molar-refractivity contribution in [2.45, 2.75) is 95.2 Å². The number of fused-ring (bicyclic) bond motifs is 4. The first-order valence-corrected chi connectivity index (χ1v) is 21.5. The lowest BCUT2D eigenvalue weighted by molar-refractivity contribution is -0.135. The second-order valence-corrected chi connectivity index (χ2v) is 18.2. The molecule has 1 spiro atoms. The number of carbonyl (C=O) groups is 2. The molecule has 14 heteroatoms. The van der Waals surface area contributed by atoms with Gasteiger partial charge in [0.1, 0.15) is 6.04 Å². The molecule has 59 heavy (non-hydrogen) atoms. The summed E-state index contributed by atoms with van der Waals surface area (Å²) in [4.78, 5) is 57.7. The predicted octanol–water partition coefficient (Wildman–Crippen LogP) is 6.07. The van der Waals surface area contributed by atoms with Gasteiger partial charge < -0.3 is 14.8 Å². The number of alkyl halides is 2. The summed E-state index contributed by atoms with van der Waals surface area (Å²) in [5.41, 5.74) is 7.00. The van der Waals surface area contributed by atoms with Gasteiger partial charge in [0, 0.05) is 73.7 Å². The number of hydrogen-bond acceptors (Lipinski definition) is 8. The van der Waals surface area contributed by atoms with Crippen LogP contribution in [0.15, 0.2) is 59.7 Å². The van der Waals surface area contributed by atoms with Gasteiger partial charge in [0.05, 0.1) is 23.6 Å². The molecule has 2 aromatic carbocycles. The molecule has 0 bridgehead atoms. The van der Waals surface area contributed by atoms with Gasteiger partial charge in [-0.15, -0.1) is 0 Å². The number of anilines is 1. The van der Waals surface area contributed by atoms with Gasteiger partial charge in [0.25, 0.3) is 6.43 Å². The summed E-state index contributed by atoms with van der Waals surface area (Å²) in [6, 6.07) is 13.3. The van der Waals surface area contributed by atoms with Crippen molar-refractivity contribution in [3.8, 4) is 0 Å². The number of aromatic amines is 1. The van der Waals surface area contributed by atoms with Gasteiger partial charge in [-0.2, -0.15) is 0 Å². The zero-order chi connectivity index (χ0) is 40.6. The molecule has 7 heterocycles. The molecule has 10 rings (SSSR count). The van der Waals surface area contributed by atoms with E-state index in [9.17, 15) is 23.2 Å². The highest BCUT2D eigenvalue weighted by Gasteiger charge is 2.46. The van der Waals surface area contributed by atoms with Crippen molar-refractivity contribution >= 4 is 39.7 Å². The van der Waals surface area contributed by atoms with Gasteiger partial charge in [-0.1, -0.05) is 24.3 Å². The normalized spacial score (nSPS) is 24.6. The Morgan fingerprint density at radius 3 is 2.39 bits per heavy atom. The molecule has 3 saturated heterocycles. The predicted molar refractivity (Wildman–Crippen MR) is 222 cm³/mol. The fourth-order valence-electron chi connectivity index (χ4n) is 11.5. The Balaban J connectivity index is 0.729. The molecule has 4 aliphatic heterocycles. The zero-order valence-electron chi connectivity index (χ0n) is 33.9. The van der Waals surface area contributed by atoms with Crippen LogP contribution in [0.1, 0.15) is 98.7 Å². The van der Waals surface area contributed by atoms with Gasteiger partial charge in [-0.25, -0.2) is 23.5 Å². The molecule has 4 fully saturated rings.